The van der Waals surface area contributed by atoms with Gasteiger partial charge in [0.2, 0.25) is 5.95 Å². The fraction of sp³-hybridized carbons (Fsp3) is 0.312. The Bertz CT molecular complexity index is 626. The van der Waals surface area contributed by atoms with Crippen LogP contribution in [-0.2, 0) is 6.54 Å². The molecule has 0 spiro atoms. The molecule has 0 saturated carbocycles. The molecule has 2 aromatic rings. The van der Waals surface area contributed by atoms with Gasteiger partial charge in [-0.3, -0.25) is 4.79 Å². The van der Waals surface area contributed by atoms with E-state index < -0.39 is 0 Å². The Labute approximate surface area is 135 Å². The number of halogens is 1. The average molecular weight is 319 g/mol. The normalized spacial score (nSPS) is 10.4. The molecule has 1 aromatic carbocycles. The molecule has 2 rings (SSSR count). The van der Waals surface area contributed by atoms with E-state index in [-0.39, 0.29) is 5.91 Å². The van der Waals surface area contributed by atoms with Crippen LogP contribution in [0.2, 0.25) is 5.02 Å². The summed E-state index contributed by atoms with van der Waals surface area (Å²) in [6, 6.07) is 7.59. The van der Waals surface area contributed by atoms with Crippen LogP contribution in [0.1, 0.15) is 22.8 Å². The maximum Gasteiger partial charge on any atom is 0.253 e. The monoisotopic (exact) mass is 318 g/mol. The summed E-state index contributed by atoms with van der Waals surface area (Å²) in [5.41, 5.74) is 1.77. The standard InChI is InChI=1S/C16H19ClN4O/c1-4-21(16-18-9-14(17)10-19-16)11-12-5-7-13(8-6-12)15(22)20(2)3/h5-10H,4,11H2,1-3H3. The average Bonchev–Trinajstić information content (AvgIpc) is 2.53. The molecular formula is C16H19ClN4O. The summed E-state index contributed by atoms with van der Waals surface area (Å²) >= 11 is 5.81. The Morgan fingerprint density at radius 1 is 1.14 bits per heavy atom. The van der Waals surface area contributed by atoms with Gasteiger partial charge in [0, 0.05) is 32.7 Å². The molecule has 0 aliphatic carbocycles. The van der Waals surface area contributed by atoms with Crippen LogP contribution in [0.5, 0.6) is 0 Å². The molecule has 0 aliphatic heterocycles. The topological polar surface area (TPSA) is 49.3 Å². The predicted molar refractivity (Wildman–Crippen MR) is 88.2 cm³/mol. The quantitative estimate of drug-likeness (QED) is 0.850. The lowest BCUT2D eigenvalue weighted by Gasteiger charge is -2.20. The van der Waals surface area contributed by atoms with Crippen molar-refractivity contribution < 1.29 is 4.79 Å². The van der Waals surface area contributed by atoms with Crippen molar-refractivity contribution in [3.05, 3.63) is 52.8 Å². The molecule has 1 aromatic heterocycles. The van der Waals surface area contributed by atoms with Crippen LogP contribution in [0, 0.1) is 0 Å². The largest absolute Gasteiger partial charge is 0.345 e. The summed E-state index contributed by atoms with van der Waals surface area (Å²) in [7, 11) is 3.49. The highest BCUT2D eigenvalue weighted by molar-refractivity contribution is 6.30. The van der Waals surface area contributed by atoms with Crippen molar-refractivity contribution in [2.45, 2.75) is 13.5 Å². The zero-order valence-corrected chi connectivity index (χ0v) is 13.7. The van der Waals surface area contributed by atoms with E-state index in [1.807, 2.05) is 36.1 Å². The summed E-state index contributed by atoms with van der Waals surface area (Å²) in [5.74, 6) is 0.639. The molecule has 0 radical (unpaired) electrons. The van der Waals surface area contributed by atoms with Gasteiger partial charge in [-0.2, -0.15) is 0 Å². The summed E-state index contributed by atoms with van der Waals surface area (Å²) < 4.78 is 0. The molecule has 0 unspecified atom stereocenters. The van der Waals surface area contributed by atoms with Gasteiger partial charge in [-0.1, -0.05) is 23.7 Å². The lowest BCUT2D eigenvalue weighted by Crippen LogP contribution is -2.24. The lowest BCUT2D eigenvalue weighted by atomic mass is 10.1. The Balaban J connectivity index is 2.11. The van der Waals surface area contributed by atoms with E-state index >= 15 is 0 Å². The Morgan fingerprint density at radius 2 is 1.73 bits per heavy atom. The van der Waals surface area contributed by atoms with E-state index in [4.69, 9.17) is 11.6 Å². The number of carbonyl (C=O) groups excluding carboxylic acids is 1. The van der Waals surface area contributed by atoms with Crippen LogP contribution in [0.3, 0.4) is 0 Å². The van der Waals surface area contributed by atoms with Gasteiger partial charge in [-0.05, 0) is 24.6 Å². The van der Waals surface area contributed by atoms with Crippen molar-refractivity contribution in [1.29, 1.82) is 0 Å². The third-order valence-electron chi connectivity index (χ3n) is 3.25. The maximum absolute atomic E-state index is 11.9. The van der Waals surface area contributed by atoms with Crippen molar-refractivity contribution in [2.24, 2.45) is 0 Å². The minimum Gasteiger partial charge on any atom is -0.345 e. The van der Waals surface area contributed by atoms with Crippen molar-refractivity contribution in [1.82, 2.24) is 14.9 Å². The third kappa shape index (κ3) is 3.95. The number of hydrogen-bond donors (Lipinski definition) is 0. The number of anilines is 1. The van der Waals surface area contributed by atoms with E-state index in [9.17, 15) is 4.79 Å². The Morgan fingerprint density at radius 3 is 2.23 bits per heavy atom. The zero-order valence-electron chi connectivity index (χ0n) is 13.0. The fourth-order valence-electron chi connectivity index (χ4n) is 2.02. The first-order valence-corrected chi connectivity index (χ1v) is 7.42. The van der Waals surface area contributed by atoms with Gasteiger partial charge in [0.25, 0.3) is 5.91 Å². The molecule has 5 nitrogen and oxygen atoms in total. The number of rotatable bonds is 5. The summed E-state index contributed by atoms with van der Waals surface area (Å²) in [6.45, 7) is 3.50. The predicted octanol–water partition coefficient (Wildman–Crippen LogP) is 2.86. The van der Waals surface area contributed by atoms with E-state index in [1.54, 1.807) is 31.4 Å². The number of nitrogens with zero attached hydrogens (tertiary/aromatic N) is 4. The first kappa shape index (κ1) is 16.2. The number of carbonyl (C=O) groups is 1. The molecule has 0 fully saturated rings. The minimum absolute atomic E-state index is 0.0000628. The number of benzene rings is 1. The van der Waals surface area contributed by atoms with Gasteiger partial charge in [0.05, 0.1) is 17.4 Å². The van der Waals surface area contributed by atoms with Gasteiger partial charge in [0.1, 0.15) is 0 Å². The van der Waals surface area contributed by atoms with E-state index in [1.165, 1.54) is 0 Å². The molecule has 6 heteroatoms. The van der Waals surface area contributed by atoms with Crippen molar-refractivity contribution in [3.8, 4) is 0 Å². The molecule has 0 aliphatic rings. The van der Waals surface area contributed by atoms with Gasteiger partial charge in [-0.15, -0.1) is 0 Å². The fourth-order valence-corrected chi connectivity index (χ4v) is 2.12. The summed E-state index contributed by atoms with van der Waals surface area (Å²) in [5, 5.41) is 0.520. The minimum atomic E-state index is -0.0000628. The lowest BCUT2D eigenvalue weighted by molar-refractivity contribution is 0.0827. The van der Waals surface area contributed by atoms with E-state index in [0.29, 0.717) is 23.1 Å². The van der Waals surface area contributed by atoms with Crippen LogP contribution in [0.4, 0.5) is 5.95 Å². The summed E-state index contributed by atoms with van der Waals surface area (Å²) in [6.07, 6.45) is 3.18. The zero-order chi connectivity index (χ0) is 16.1. The van der Waals surface area contributed by atoms with Crippen LogP contribution < -0.4 is 4.90 Å². The highest BCUT2D eigenvalue weighted by Gasteiger charge is 2.10. The summed E-state index contributed by atoms with van der Waals surface area (Å²) in [4.78, 5) is 23.9. The molecule has 1 heterocycles. The maximum atomic E-state index is 11.9. The van der Waals surface area contributed by atoms with Gasteiger partial charge >= 0.3 is 0 Å². The van der Waals surface area contributed by atoms with Crippen molar-refractivity contribution in [2.75, 3.05) is 25.5 Å². The first-order chi connectivity index (χ1) is 10.5. The highest BCUT2D eigenvalue weighted by Crippen LogP contribution is 2.14. The van der Waals surface area contributed by atoms with Crippen LogP contribution >= 0.6 is 11.6 Å². The second kappa shape index (κ2) is 7.22. The van der Waals surface area contributed by atoms with Crippen LogP contribution in [-0.4, -0.2) is 41.4 Å². The SMILES string of the molecule is CCN(Cc1ccc(C(=O)N(C)C)cc1)c1ncc(Cl)cn1. The Hall–Kier alpha value is -2.14. The Kier molecular flexibility index (Phi) is 5.33. The molecular weight excluding hydrogens is 300 g/mol. The molecule has 22 heavy (non-hydrogen) atoms. The van der Waals surface area contributed by atoms with Gasteiger partial charge < -0.3 is 9.80 Å². The number of amides is 1. The number of aromatic nitrogens is 2. The third-order valence-corrected chi connectivity index (χ3v) is 3.45. The highest BCUT2D eigenvalue weighted by atomic mass is 35.5. The van der Waals surface area contributed by atoms with Gasteiger partial charge in [-0.25, -0.2) is 9.97 Å². The van der Waals surface area contributed by atoms with Crippen molar-refractivity contribution >= 4 is 23.5 Å². The number of hydrogen-bond acceptors (Lipinski definition) is 4. The second-order valence-corrected chi connectivity index (χ2v) is 5.55. The van der Waals surface area contributed by atoms with Crippen molar-refractivity contribution in [3.63, 3.8) is 0 Å². The molecule has 1 amide bonds. The second-order valence-electron chi connectivity index (χ2n) is 5.11. The molecule has 116 valence electrons. The smallest absolute Gasteiger partial charge is 0.253 e. The molecule has 0 atom stereocenters. The van der Waals surface area contributed by atoms with Crippen LogP contribution in [0.15, 0.2) is 36.7 Å². The van der Waals surface area contributed by atoms with E-state index in [2.05, 4.69) is 9.97 Å². The van der Waals surface area contributed by atoms with E-state index in [0.717, 1.165) is 12.1 Å². The van der Waals surface area contributed by atoms with Crippen LogP contribution in [0.25, 0.3) is 0 Å². The van der Waals surface area contributed by atoms with Gasteiger partial charge in [0.15, 0.2) is 0 Å². The molecule has 0 saturated heterocycles. The molecule has 0 bridgehead atoms. The first-order valence-electron chi connectivity index (χ1n) is 7.04. The molecule has 0 N–H and O–H groups in total.